The van der Waals surface area contributed by atoms with Crippen molar-refractivity contribution in [3.8, 4) is 0 Å². The van der Waals surface area contributed by atoms with Crippen LogP contribution in [0.4, 0.5) is 4.79 Å². The third kappa shape index (κ3) is 9.45. The van der Waals surface area contributed by atoms with Crippen molar-refractivity contribution in [3.63, 3.8) is 0 Å². The lowest BCUT2D eigenvalue weighted by Gasteiger charge is -2.36. The summed E-state index contributed by atoms with van der Waals surface area (Å²) in [7, 11) is -0.217. The molecular formula is C27H50N2O5SSi. The van der Waals surface area contributed by atoms with E-state index in [0.717, 1.165) is 15.6 Å². The van der Waals surface area contributed by atoms with Gasteiger partial charge in [0.25, 0.3) is 0 Å². The summed E-state index contributed by atoms with van der Waals surface area (Å²) in [5.74, 6) is 0.00636. The topological polar surface area (TPSA) is 78.0 Å². The van der Waals surface area contributed by atoms with Crippen LogP contribution in [0.1, 0.15) is 110 Å². The van der Waals surface area contributed by atoms with Gasteiger partial charge in [-0.15, -0.1) is 11.3 Å². The molecular weight excluding hydrogens is 492 g/mol. The van der Waals surface area contributed by atoms with Crippen LogP contribution in [-0.4, -0.2) is 49.0 Å². The van der Waals surface area contributed by atoms with E-state index in [1.165, 1.54) is 6.92 Å². The number of ether oxygens (including phenoxy) is 2. The lowest BCUT2D eigenvalue weighted by Crippen LogP contribution is -2.44. The lowest BCUT2D eigenvalue weighted by molar-refractivity contribution is -0.147. The molecule has 7 nitrogen and oxygen atoms in total. The largest absolute Gasteiger partial charge is 0.455 e. The minimum Gasteiger partial charge on any atom is -0.455 e. The number of carbonyl (C=O) groups excluding carboxylic acids is 2. The maximum atomic E-state index is 12.8. The van der Waals surface area contributed by atoms with Crippen LogP contribution < -0.4 is 0 Å². The van der Waals surface area contributed by atoms with Gasteiger partial charge in [0.1, 0.15) is 10.6 Å². The Bertz CT molecular complexity index is 884. The van der Waals surface area contributed by atoms with Crippen molar-refractivity contribution < 1.29 is 23.5 Å². The monoisotopic (exact) mass is 542 g/mol. The number of carbonyl (C=O) groups is 2. The van der Waals surface area contributed by atoms with Gasteiger partial charge in [-0.25, -0.2) is 9.78 Å². The SMILES string of the molecule is CC(=O)OC(CC(C(C)C)N(C)C(=O)OC(C)(C)C)c1nc(CO[Si](C)(C)C(C)(C)C)c(C(C)C)s1. The van der Waals surface area contributed by atoms with Crippen molar-refractivity contribution in [3.05, 3.63) is 15.6 Å². The molecule has 1 amide bonds. The summed E-state index contributed by atoms with van der Waals surface area (Å²) in [6.45, 7) is 26.9. The van der Waals surface area contributed by atoms with Crippen LogP contribution in [-0.2, 0) is 25.3 Å². The maximum absolute atomic E-state index is 12.8. The average molecular weight is 543 g/mol. The lowest BCUT2D eigenvalue weighted by atomic mass is 9.96. The van der Waals surface area contributed by atoms with Gasteiger partial charge in [-0.2, -0.15) is 0 Å². The van der Waals surface area contributed by atoms with Gasteiger partial charge in [0.15, 0.2) is 14.4 Å². The van der Waals surface area contributed by atoms with E-state index in [2.05, 4.69) is 61.6 Å². The molecule has 36 heavy (non-hydrogen) atoms. The summed E-state index contributed by atoms with van der Waals surface area (Å²) in [6.07, 6.45) is -0.530. The second kappa shape index (κ2) is 12.4. The van der Waals surface area contributed by atoms with Crippen molar-refractivity contribution >= 4 is 31.7 Å². The van der Waals surface area contributed by atoms with Gasteiger partial charge in [0, 0.05) is 31.3 Å². The Balaban J connectivity index is 3.32. The molecule has 208 valence electrons. The molecule has 1 rings (SSSR count). The third-order valence-electron chi connectivity index (χ3n) is 6.63. The van der Waals surface area contributed by atoms with Gasteiger partial charge >= 0.3 is 12.1 Å². The number of hydrogen-bond donors (Lipinski definition) is 0. The normalized spacial score (nSPS) is 14.7. The number of esters is 1. The van der Waals surface area contributed by atoms with Crippen LogP contribution in [0.2, 0.25) is 18.1 Å². The Morgan fingerprint density at radius 1 is 1.06 bits per heavy atom. The molecule has 0 aliphatic heterocycles. The zero-order valence-corrected chi connectivity index (χ0v) is 26.9. The molecule has 1 heterocycles. The highest BCUT2D eigenvalue weighted by atomic mass is 32.1. The first-order chi connectivity index (χ1) is 16.2. The number of rotatable bonds is 10. The second-order valence-electron chi connectivity index (χ2n) is 12.8. The van der Waals surface area contributed by atoms with Crippen LogP contribution in [0.15, 0.2) is 0 Å². The van der Waals surface area contributed by atoms with E-state index in [0.29, 0.717) is 13.0 Å². The third-order valence-corrected chi connectivity index (χ3v) is 12.6. The highest BCUT2D eigenvalue weighted by Crippen LogP contribution is 2.39. The summed E-state index contributed by atoms with van der Waals surface area (Å²) in [6, 6.07) is -0.206. The van der Waals surface area contributed by atoms with Crippen LogP contribution in [0.25, 0.3) is 0 Å². The highest BCUT2D eigenvalue weighted by molar-refractivity contribution is 7.11. The Hall–Kier alpha value is -1.45. The fourth-order valence-corrected chi connectivity index (χ4v) is 5.55. The highest BCUT2D eigenvalue weighted by Gasteiger charge is 2.38. The molecule has 1 aromatic rings. The molecule has 0 bridgehead atoms. The molecule has 9 heteroatoms. The molecule has 2 atom stereocenters. The van der Waals surface area contributed by atoms with Gasteiger partial charge in [0.05, 0.1) is 12.3 Å². The zero-order valence-electron chi connectivity index (χ0n) is 25.1. The van der Waals surface area contributed by atoms with Crippen LogP contribution in [0.5, 0.6) is 0 Å². The first-order valence-corrected chi connectivity index (χ1v) is 16.6. The van der Waals surface area contributed by atoms with E-state index in [4.69, 9.17) is 18.9 Å². The number of thiazole rings is 1. The minimum absolute atomic E-state index is 0.0981. The van der Waals surface area contributed by atoms with E-state index in [-0.39, 0.29) is 28.9 Å². The van der Waals surface area contributed by atoms with E-state index in [1.54, 1.807) is 23.3 Å². The fraction of sp³-hybridized carbons (Fsp3) is 0.815. The number of nitrogens with zero attached hydrogens (tertiary/aromatic N) is 2. The smallest absolute Gasteiger partial charge is 0.410 e. The van der Waals surface area contributed by atoms with E-state index >= 15 is 0 Å². The van der Waals surface area contributed by atoms with Crippen LogP contribution in [0.3, 0.4) is 0 Å². The van der Waals surface area contributed by atoms with Gasteiger partial charge in [-0.3, -0.25) is 4.79 Å². The Morgan fingerprint density at radius 3 is 2.03 bits per heavy atom. The molecule has 0 aliphatic rings. The summed E-state index contributed by atoms with van der Waals surface area (Å²) in [5, 5.41) is 0.840. The second-order valence-corrected chi connectivity index (χ2v) is 18.7. The summed E-state index contributed by atoms with van der Waals surface area (Å²) in [4.78, 5) is 32.6. The van der Waals surface area contributed by atoms with Gasteiger partial charge in [-0.1, -0.05) is 48.5 Å². The molecule has 1 aromatic heterocycles. The average Bonchev–Trinajstić information content (AvgIpc) is 3.11. The first-order valence-electron chi connectivity index (χ1n) is 12.9. The molecule has 0 spiro atoms. The molecule has 0 saturated carbocycles. The molecule has 0 aromatic carbocycles. The number of amides is 1. The Kier molecular flexibility index (Phi) is 11.2. The molecule has 0 saturated heterocycles. The zero-order chi connectivity index (χ0) is 28.2. The van der Waals surface area contributed by atoms with Crippen molar-refractivity contribution in [2.75, 3.05) is 7.05 Å². The predicted octanol–water partition coefficient (Wildman–Crippen LogP) is 7.67. The van der Waals surface area contributed by atoms with Gasteiger partial charge in [-0.05, 0) is 50.7 Å². The summed E-state index contributed by atoms with van der Waals surface area (Å²) >= 11 is 1.57. The minimum atomic E-state index is -1.96. The van der Waals surface area contributed by atoms with E-state index < -0.39 is 26.1 Å². The maximum Gasteiger partial charge on any atom is 0.410 e. The Labute approximate surface area is 224 Å². The molecule has 2 unspecified atom stereocenters. The van der Waals surface area contributed by atoms with Gasteiger partial charge < -0.3 is 18.8 Å². The van der Waals surface area contributed by atoms with Crippen molar-refractivity contribution in [1.29, 1.82) is 0 Å². The number of hydrogen-bond acceptors (Lipinski definition) is 7. The molecule has 0 radical (unpaired) electrons. The summed E-state index contributed by atoms with van der Waals surface area (Å²) < 4.78 is 17.9. The quantitative estimate of drug-likeness (QED) is 0.223. The van der Waals surface area contributed by atoms with Crippen LogP contribution >= 0.6 is 11.3 Å². The van der Waals surface area contributed by atoms with E-state index in [1.807, 2.05) is 20.8 Å². The number of aromatic nitrogens is 1. The standard InChI is InChI=1S/C27H50N2O5SSi/c1-17(2)21(29(12)25(31)34-26(6,7)8)15-22(33-19(5)30)24-28-20(23(35-24)18(3)4)16-32-36(13,14)27(9,10)11/h17-18,21-22H,15-16H2,1-14H3. The van der Waals surface area contributed by atoms with Gasteiger partial charge in [0.2, 0.25) is 0 Å². The predicted molar refractivity (Wildman–Crippen MR) is 150 cm³/mol. The van der Waals surface area contributed by atoms with Crippen LogP contribution in [0, 0.1) is 5.92 Å². The van der Waals surface area contributed by atoms with Crippen molar-refractivity contribution in [1.82, 2.24) is 9.88 Å². The Morgan fingerprint density at radius 2 is 1.61 bits per heavy atom. The molecule has 0 aliphatic carbocycles. The summed E-state index contributed by atoms with van der Waals surface area (Å²) in [5.41, 5.74) is 0.316. The first kappa shape index (κ1) is 32.6. The van der Waals surface area contributed by atoms with E-state index in [9.17, 15) is 9.59 Å². The van der Waals surface area contributed by atoms with Crippen molar-refractivity contribution in [2.45, 2.75) is 131 Å². The molecule has 0 N–H and O–H groups in total. The molecule has 0 fully saturated rings. The fourth-order valence-electron chi connectivity index (χ4n) is 3.51. The van der Waals surface area contributed by atoms with Crippen molar-refractivity contribution in [2.24, 2.45) is 5.92 Å².